The molecular weight excluding hydrogens is 362 g/mol. The number of hydrogen-bond acceptors (Lipinski definition) is 4. The second kappa shape index (κ2) is 9.59. The first-order valence-electron chi connectivity index (χ1n) is 11.4. The predicted octanol–water partition coefficient (Wildman–Crippen LogP) is 2.44. The van der Waals surface area contributed by atoms with Crippen LogP contribution in [0.25, 0.3) is 0 Å². The van der Waals surface area contributed by atoms with E-state index < -0.39 is 0 Å². The van der Waals surface area contributed by atoms with Gasteiger partial charge < -0.3 is 9.64 Å². The molecule has 29 heavy (non-hydrogen) atoms. The zero-order valence-electron chi connectivity index (χ0n) is 18.2. The monoisotopic (exact) mass is 399 g/mol. The van der Waals surface area contributed by atoms with Gasteiger partial charge in [-0.2, -0.15) is 0 Å². The number of carbonyl (C=O) groups is 1. The largest absolute Gasteiger partial charge is 0.383 e. The number of nitrogens with zero attached hydrogens (tertiary/aromatic N) is 3. The summed E-state index contributed by atoms with van der Waals surface area (Å²) in [6.45, 7) is 5.80. The third-order valence-corrected chi connectivity index (χ3v) is 7.37. The average molecular weight is 400 g/mol. The molecule has 2 aliphatic heterocycles. The SMILES string of the molecule is COCCN(C)C(=O)C1CCCN(C2CCN(C3Cc4ccccc4C3)CC2)C1. The summed E-state index contributed by atoms with van der Waals surface area (Å²) in [4.78, 5) is 20.0. The number of amides is 1. The zero-order valence-corrected chi connectivity index (χ0v) is 18.2. The highest BCUT2D eigenvalue weighted by molar-refractivity contribution is 5.78. The van der Waals surface area contributed by atoms with E-state index in [1.165, 1.54) is 38.8 Å². The highest BCUT2D eigenvalue weighted by atomic mass is 16.5. The molecule has 5 heteroatoms. The van der Waals surface area contributed by atoms with Crippen molar-refractivity contribution < 1.29 is 9.53 Å². The molecule has 0 bridgehead atoms. The summed E-state index contributed by atoms with van der Waals surface area (Å²) in [5.74, 6) is 0.459. The number of ether oxygens (including phenoxy) is 1. The Labute approximate surface area is 176 Å². The molecule has 1 aliphatic carbocycles. The summed E-state index contributed by atoms with van der Waals surface area (Å²) in [6, 6.07) is 10.3. The van der Waals surface area contributed by atoms with Crippen LogP contribution in [-0.4, -0.2) is 86.2 Å². The van der Waals surface area contributed by atoms with E-state index in [1.807, 2.05) is 11.9 Å². The van der Waals surface area contributed by atoms with Crippen LogP contribution in [0.15, 0.2) is 24.3 Å². The topological polar surface area (TPSA) is 36.0 Å². The number of likely N-dealkylation sites (tertiary alicyclic amines) is 2. The summed E-state index contributed by atoms with van der Waals surface area (Å²) in [5.41, 5.74) is 3.10. The van der Waals surface area contributed by atoms with Gasteiger partial charge in [-0.05, 0) is 69.3 Å². The quantitative estimate of drug-likeness (QED) is 0.736. The molecule has 0 N–H and O–H groups in total. The van der Waals surface area contributed by atoms with E-state index in [0.29, 0.717) is 31.1 Å². The zero-order chi connectivity index (χ0) is 20.2. The van der Waals surface area contributed by atoms with Crippen LogP contribution < -0.4 is 0 Å². The highest BCUT2D eigenvalue weighted by Gasteiger charge is 2.35. The molecule has 0 radical (unpaired) electrons. The van der Waals surface area contributed by atoms with Crippen LogP contribution in [0.1, 0.15) is 36.8 Å². The lowest BCUT2D eigenvalue weighted by atomic mass is 9.92. The van der Waals surface area contributed by atoms with Crippen molar-refractivity contribution >= 4 is 5.91 Å². The molecule has 4 rings (SSSR count). The van der Waals surface area contributed by atoms with Crippen molar-refractivity contribution in [3.05, 3.63) is 35.4 Å². The molecule has 160 valence electrons. The smallest absolute Gasteiger partial charge is 0.226 e. The van der Waals surface area contributed by atoms with E-state index in [-0.39, 0.29) is 5.92 Å². The first-order valence-corrected chi connectivity index (χ1v) is 11.4. The Balaban J connectivity index is 1.26. The van der Waals surface area contributed by atoms with Crippen molar-refractivity contribution in [2.75, 3.05) is 53.5 Å². The molecule has 1 atom stereocenters. The van der Waals surface area contributed by atoms with E-state index in [1.54, 1.807) is 18.2 Å². The molecule has 5 nitrogen and oxygen atoms in total. The molecule has 0 spiro atoms. The Hall–Kier alpha value is -1.43. The number of likely N-dealkylation sites (N-methyl/N-ethyl adjacent to an activating group) is 1. The minimum absolute atomic E-state index is 0.160. The fourth-order valence-electron chi connectivity index (χ4n) is 5.60. The van der Waals surface area contributed by atoms with Crippen LogP contribution in [0.4, 0.5) is 0 Å². The normalized spacial score (nSPS) is 24.6. The number of piperidine rings is 2. The Morgan fingerprint density at radius 1 is 1.03 bits per heavy atom. The van der Waals surface area contributed by atoms with Gasteiger partial charge in [0.15, 0.2) is 0 Å². The summed E-state index contributed by atoms with van der Waals surface area (Å²) < 4.78 is 5.13. The molecule has 2 heterocycles. The van der Waals surface area contributed by atoms with Gasteiger partial charge in [0.1, 0.15) is 0 Å². The lowest BCUT2D eigenvalue weighted by Crippen LogP contribution is -2.52. The molecule has 1 amide bonds. The summed E-state index contributed by atoms with van der Waals surface area (Å²) in [5, 5.41) is 0. The molecular formula is C24H37N3O2. The van der Waals surface area contributed by atoms with Gasteiger partial charge in [-0.25, -0.2) is 0 Å². The van der Waals surface area contributed by atoms with Gasteiger partial charge in [-0.15, -0.1) is 0 Å². The fourth-order valence-corrected chi connectivity index (χ4v) is 5.60. The molecule has 2 saturated heterocycles. The lowest BCUT2D eigenvalue weighted by Gasteiger charge is -2.43. The Morgan fingerprint density at radius 3 is 2.38 bits per heavy atom. The standard InChI is InChI=1S/C24H37N3O2/c1-25(14-15-29-2)24(28)21-8-5-11-27(18-21)22-9-12-26(13-10-22)23-16-19-6-3-4-7-20(19)17-23/h3-4,6-7,21-23H,5,8-18H2,1-2H3. The third-order valence-electron chi connectivity index (χ3n) is 7.37. The lowest BCUT2D eigenvalue weighted by molar-refractivity contribution is -0.137. The van der Waals surface area contributed by atoms with Gasteiger partial charge in [-0.1, -0.05) is 24.3 Å². The van der Waals surface area contributed by atoms with Crippen LogP contribution in [-0.2, 0) is 22.4 Å². The van der Waals surface area contributed by atoms with E-state index in [2.05, 4.69) is 34.1 Å². The maximum atomic E-state index is 12.8. The van der Waals surface area contributed by atoms with Crippen LogP contribution in [0, 0.1) is 5.92 Å². The summed E-state index contributed by atoms with van der Waals surface area (Å²) in [6.07, 6.45) is 7.10. The Bertz CT molecular complexity index is 661. The maximum absolute atomic E-state index is 12.8. The molecule has 0 aromatic heterocycles. The molecule has 0 saturated carbocycles. The first-order chi connectivity index (χ1) is 14.2. The van der Waals surface area contributed by atoms with Crippen LogP contribution in [0.3, 0.4) is 0 Å². The van der Waals surface area contributed by atoms with Crippen molar-refractivity contribution in [2.45, 2.75) is 50.6 Å². The van der Waals surface area contributed by atoms with Crippen LogP contribution in [0.2, 0.25) is 0 Å². The van der Waals surface area contributed by atoms with Crippen molar-refractivity contribution in [2.24, 2.45) is 5.92 Å². The van der Waals surface area contributed by atoms with E-state index in [9.17, 15) is 4.79 Å². The number of carbonyl (C=O) groups excluding carboxylic acids is 1. The number of hydrogen-bond donors (Lipinski definition) is 0. The Morgan fingerprint density at radius 2 is 1.72 bits per heavy atom. The number of methoxy groups -OCH3 is 1. The van der Waals surface area contributed by atoms with Crippen LogP contribution >= 0.6 is 0 Å². The second-order valence-corrected chi connectivity index (χ2v) is 9.18. The highest BCUT2D eigenvalue weighted by Crippen LogP contribution is 2.30. The van der Waals surface area contributed by atoms with Gasteiger partial charge in [0.2, 0.25) is 5.91 Å². The van der Waals surface area contributed by atoms with Crippen molar-refractivity contribution in [3.8, 4) is 0 Å². The molecule has 3 aliphatic rings. The number of benzene rings is 1. The minimum atomic E-state index is 0.160. The summed E-state index contributed by atoms with van der Waals surface area (Å²) in [7, 11) is 3.61. The molecule has 1 aromatic carbocycles. The van der Waals surface area contributed by atoms with Gasteiger partial charge in [-0.3, -0.25) is 14.6 Å². The van der Waals surface area contributed by atoms with Crippen molar-refractivity contribution in [3.63, 3.8) is 0 Å². The van der Waals surface area contributed by atoms with E-state index in [0.717, 1.165) is 25.9 Å². The molecule has 1 aromatic rings. The minimum Gasteiger partial charge on any atom is -0.383 e. The van der Waals surface area contributed by atoms with E-state index >= 15 is 0 Å². The third kappa shape index (κ3) is 4.84. The predicted molar refractivity (Wildman–Crippen MR) is 116 cm³/mol. The second-order valence-electron chi connectivity index (χ2n) is 9.18. The number of rotatable bonds is 6. The maximum Gasteiger partial charge on any atom is 0.226 e. The number of fused-ring (bicyclic) bond motifs is 1. The van der Waals surface area contributed by atoms with Crippen LogP contribution in [0.5, 0.6) is 0 Å². The van der Waals surface area contributed by atoms with E-state index in [4.69, 9.17) is 4.74 Å². The summed E-state index contributed by atoms with van der Waals surface area (Å²) >= 11 is 0. The van der Waals surface area contributed by atoms with Gasteiger partial charge in [0, 0.05) is 39.3 Å². The van der Waals surface area contributed by atoms with Crippen molar-refractivity contribution in [1.82, 2.24) is 14.7 Å². The average Bonchev–Trinajstić information content (AvgIpc) is 3.21. The fraction of sp³-hybridized carbons (Fsp3) is 0.708. The molecule has 1 unspecified atom stereocenters. The van der Waals surface area contributed by atoms with Gasteiger partial charge in [0.25, 0.3) is 0 Å². The van der Waals surface area contributed by atoms with Crippen molar-refractivity contribution in [1.29, 1.82) is 0 Å². The van der Waals surface area contributed by atoms with Gasteiger partial charge in [0.05, 0.1) is 12.5 Å². The first kappa shape index (κ1) is 20.8. The Kier molecular flexibility index (Phi) is 6.88. The van der Waals surface area contributed by atoms with Gasteiger partial charge >= 0.3 is 0 Å². The molecule has 2 fully saturated rings.